The minimum atomic E-state index is -0.964. The highest BCUT2D eigenvalue weighted by atomic mass is 16.5. The monoisotopic (exact) mass is 221 g/mol. The second-order valence-corrected chi connectivity index (χ2v) is 4.86. The van der Waals surface area contributed by atoms with Gasteiger partial charge in [-0.25, -0.2) is 0 Å². The quantitative estimate of drug-likeness (QED) is 0.751. The number of aliphatic hydroxyl groups is 1. The highest BCUT2D eigenvalue weighted by Gasteiger charge is 2.35. The molecular formula is C12H18BO3. The Balaban J connectivity index is 2.69. The smallest absolute Gasteiger partial charge is 0.334 e. The molecule has 3 nitrogen and oxygen atoms in total. The van der Waals surface area contributed by atoms with Gasteiger partial charge in [0.25, 0.3) is 0 Å². The van der Waals surface area contributed by atoms with Crippen molar-refractivity contribution in [2.75, 3.05) is 0 Å². The summed E-state index contributed by atoms with van der Waals surface area (Å²) in [6, 6.07) is 6.89. The van der Waals surface area contributed by atoms with E-state index in [9.17, 15) is 10.2 Å². The molecule has 1 radical (unpaired) electrons. The molecular weight excluding hydrogens is 203 g/mol. The SMILES string of the molecule is CC(C)(O)C(C)(C)O[B]c1ccccc1O. The first-order valence-corrected chi connectivity index (χ1v) is 5.25. The summed E-state index contributed by atoms with van der Waals surface area (Å²) in [5, 5.41) is 19.4. The van der Waals surface area contributed by atoms with Crippen LogP contribution in [0.3, 0.4) is 0 Å². The lowest BCUT2D eigenvalue weighted by Crippen LogP contribution is -2.49. The van der Waals surface area contributed by atoms with E-state index in [0.717, 1.165) is 0 Å². The molecule has 0 aliphatic heterocycles. The average molecular weight is 221 g/mol. The molecule has 0 atom stereocenters. The maximum atomic E-state index is 9.89. The van der Waals surface area contributed by atoms with Gasteiger partial charge < -0.3 is 14.9 Å². The van der Waals surface area contributed by atoms with Crippen LogP contribution in [0.1, 0.15) is 27.7 Å². The van der Waals surface area contributed by atoms with Crippen molar-refractivity contribution in [2.45, 2.75) is 38.9 Å². The first-order valence-electron chi connectivity index (χ1n) is 5.25. The average Bonchev–Trinajstić information content (AvgIpc) is 2.15. The zero-order valence-electron chi connectivity index (χ0n) is 10.2. The first kappa shape index (κ1) is 13.1. The number of hydrogen-bond donors (Lipinski definition) is 2. The minimum absolute atomic E-state index is 0.161. The summed E-state index contributed by atoms with van der Waals surface area (Å²) < 4.78 is 5.53. The van der Waals surface area contributed by atoms with Gasteiger partial charge in [-0.15, -0.1) is 0 Å². The Labute approximate surface area is 97.3 Å². The number of aromatic hydroxyl groups is 1. The summed E-state index contributed by atoms with van der Waals surface area (Å²) in [5.41, 5.74) is -1.09. The Kier molecular flexibility index (Phi) is 3.66. The number of para-hydroxylation sites is 1. The summed E-state index contributed by atoms with van der Waals surface area (Å²) in [4.78, 5) is 0. The van der Waals surface area contributed by atoms with Gasteiger partial charge in [0, 0.05) is 0 Å². The van der Waals surface area contributed by atoms with Crippen LogP contribution in [0.5, 0.6) is 5.75 Å². The van der Waals surface area contributed by atoms with E-state index in [2.05, 4.69) is 0 Å². The lowest BCUT2D eigenvalue weighted by atomic mass is 9.82. The normalized spacial score (nSPS) is 12.6. The molecule has 0 aliphatic carbocycles. The number of hydrogen-bond acceptors (Lipinski definition) is 3. The van der Waals surface area contributed by atoms with Crippen LogP contribution in [0.4, 0.5) is 0 Å². The second kappa shape index (κ2) is 4.48. The molecule has 0 fully saturated rings. The number of rotatable bonds is 4. The molecule has 0 heterocycles. The van der Waals surface area contributed by atoms with Gasteiger partial charge in [0.15, 0.2) is 0 Å². The zero-order valence-corrected chi connectivity index (χ0v) is 10.2. The van der Waals surface area contributed by atoms with Crippen molar-refractivity contribution in [1.29, 1.82) is 0 Å². The third-order valence-electron chi connectivity index (χ3n) is 2.89. The van der Waals surface area contributed by atoms with E-state index in [0.29, 0.717) is 5.46 Å². The zero-order chi connectivity index (χ0) is 12.4. The predicted octanol–water partition coefficient (Wildman–Crippen LogP) is 1.20. The molecule has 0 amide bonds. The van der Waals surface area contributed by atoms with Gasteiger partial charge in [-0.2, -0.15) is 0 Å². The van der Waals surface area contributed by atoms with Crippen LogP contribution in [0, 0.1) is 0 Å². The summed E-state index contributed by atoms with van der Waals surface area (Å²) >= 11 is 0. The molecule has 1 rings (SSSR count). The molecule has 0 saturated heterocycles. The van der Waals surface area contributed by atoms with Crippen molar-refractivity contribution in [3.8, 4) is 5.75 Å². The molecule has 0 unspecified atom stereocenters. The Hall–Kier alpha value is -0.995. The van der Waals surface area contributed by atoms with Crippen LogP contribution >= 0.6 is 0 Å². The topological polar surface area (TPSA) is 49.7 Å². The lowest BCUT2D eigenvalue weighted by molar-refractivity contribution is -0.0893. The van der Waals surface area contributed by atoms with Crippen LogP contribution < -0.4 is 5.46 Å². The van der Waals surface area contributed by atoms with Gasteiger partial charge in [-0.1, -0.05) is 18.2 Å². The van der Waals surface area contributed by atoms with Crippen molar-refractivity contribution in [1.82, 2.24) is 0 Å². The fourth-order valence-corrected chi connectivity index (χ4v) is 0.942. The molecule has 2 N–H and O–H groups in total. The first-order chi connectivity index (χ1) is 7.24. The second-order valence-electron chi connectivity index (χ2n) is 4.86. The molecule has 1 aromatic carbocycles. The van der Waals surface area contributed by atoms with Gasteiger partial charge in [-0.3, -0.25) is 0 Å². The molecule has 0 aliphatic rings. The molecule has 4 heteroatoms. The van der Waals surface area contributed by atoms with E-state index < -0.39 is 11.2 Å². The van der Waals surface area contributed by atoms with Crippen LogP contribution in [0.25, 0.3) is 0 Å². The molecule has 1 aromatic rings. The molecule has 0 bridgehead atoms. The number of benzene rings is 1. The van der Waals surface area contributed by atoms with Gasteiger partial charge in [0.2, 0.25) is 0 Å². The summed E-state index contributed by atoms with van der Waals surface area (Å²) in [7, 11) is 1.47. The number of phenolic OH excluding ortho intramolecular Hbond substituents is 1. The number of phenols is 1. The molecule has 87 valence electrons. The Bertz CT molecular complexity index is 356. The van der Waals surface area contributed by atoms with Crippen LogP contribution in [0.15, 0.2) is 24.3 Å². The largest absolute Gasteiger partial charge is 0.508 e. The Morgan fingerprint density at radius 1 is 1.12 bits per heavy atom. The Morgan fingerprint density at radius 2 is 1.69 bits per heavy atom. The van der Waals surface area contributed by atoms with Crippen LogP contribution in [0.2, 0.25) is 0 Å². The van der Waals surface area contributed by atoms with Crippen molar-refractivity contribution in [3.63, 3.8) is 0 Å². The van der Waals surface area contributed by atoms with Crippen LogP contribution in [-0.2, 0) is 4.65 Å². The summed E-state index contributed by atoms with van der Waals surface area (Å²) in [6.45, 7) is 6.96. The summed E-state index contributed by atoms with van der Waals surface area (Å²) in [6.07, 6.45) is 0. The van der Waals surface area contributed by atoms with Gasteiger partial charge in [-0.05, 0) is 39.2 Å². The maximum Gasteiger partial charge on any atom is 0.334 e. The predicted molar refractivity (Wildman–Crippen MR) is 65.0 cm³/mol. The van der Waals surface area contributed by atoms with E-state index in [1.807, 2.05) is 6.07 Å². The standard InChI is InChI=1S/C12H18BO3/c1-11(2,15)12(3,4)16-13-9-7-5-6-8-10(9)14/h5-8,14-15H,1-4H3. The van der Waals surface area contributed by atoms with Crippen LogP contribution in [-0.4, -0.2) is 28.9 Å². The fraction of sp³-hybridized carbons (Fsp3) is 0.500. The minimum Gasteiger partial charge on any atom is -0.508 e. The van der Waals surface area contributed by atoms with Gasteiger partial charge in [0.05, 0.1) is 11.2 Å². The van der Waals surface area contributed by atoms with E-state index in [4.69, 9.17) is 4.65 Å². The highest BCUT2D eigenvalue weighted by molar-refractivity contribution is 6.48. The van der Waals surface area contributed by atoms with E-state index in [1.54, 1.807) is 45.9 Å². The van der Waals surface area contributed by atoms with E-state index in [-0.39, 0.29) is 5.75 Å². The van der Waals surface area contributed by atoms with Crippen molar-refractivity contribution in [2.24, 2.45) is 0 Å². The van der Waals surface area contributed by atoms with E-state index in [1.165, 1.54) is 7.48 Å². The molecule has 0 spiro atoms. The summed E-state index contributed by atoms with van der Waals surface area (Å²) in [5.74, 6) is 0.161. The fourth-order valence-electron chi connectivity index (χ4n) is 0.942. The van der Waals surface area contributed by atoms with Gasteiger partial charge >= 0.3 is 7.48 Å². The maximum absolute atomic E-state index is 9.89. The van der Waals surface area contributed by atoms with Crippen molar-refractivity contribution >= 4 is 12.9 Å². The Morgan fingerprint density at radius 3 is 2.19 bits per heavy atom. The molecule has 0 saturated carbocycles. The van der Waals surface area contributed by atoms with Crippen molar-refractivity contribution in [3.05, 3.63) is 24.3 Å². The highest BCUT2D eigenvalue weighted by Crippen LogP contribution is 2.24. The van der Waals surface area contributed by atoms with Gasteiger partial charge in [0.1, 0.15) is 5.75 Å². The lowest BCUT2D eigenvalue weighted by Gasteiger charge is -2.37. The third kappa shape index (κ3) is 3.00. The third-order valence-corrected chi connectivity index (χ3v) is 2.89. The molecule has 0 aromatic heterocycles. The molecule has 16 heavy (non-hydrogen) atoms. The van der Waals surface area contributed by atoms with E-state index >= 15 is 0 Å². The van der Waals surface area contributed by atoms with Crippen molar-refractivity contribution < 1.29 is 14.9 Å².